The van der Waals surface area contributed by atoms with Crippen LogP contribution in [0.5, 0.6) is 0 Å². The molecule has 1 fully saturated rings. The molecule has 0 aromatic carbocycles. The van der Waals surface area contributed by atoms with E-state index in [1.54, 1.807) is 12.3 Å². The van der Waals surface area contributed by atoms with Crippen molar-refractivity contribution in [1.82, 2.24) is 15.3 Å². The molecule has 1 saturated heterocycles. The molecule has 0 spiro atoms. The van der Waals surface area contributed by atoms with Gasteiger partial charge in [-0.3, -0.25) is 0 Å². The van der Waals surface area contributed by atoms with Crippen LogP contribution >= 0.6 is 0 Å². The quantitative estimate of drug-likeness (QED) is 0.647. The average molecular weight is 175 g/mol. The van der Waals surface area contributed by atoms with Crippen LogP contribution < -0.4 is 10.6 Å². The van der Waals surface area contributed by atoms with Crippen molar-refractivity contribution in [3.8, 4) is 6.07 Å². The van der Waals surface area contributed by atoms with E-state index in [1.165, 1.54) is 0 Å². The molecule has 2 rings (SSSR count). The van der Waals surface area contributed by atoms with E-state index in [-0.39, 0.29) is 0 Å². The molecule has 0 unspecified atom stereocenters. The fourth-order valence-electron chi connectivity index (χ4n) is 1.06. The molecular formula is C8H9N5. The van der Waals surface area contributed by atoms with Crippen LogP contribution in [-0.2, 0) is 0 Å². The van der Waals surface area contributed by atoms with Gasteiger partial charge in [0.15, 0.2) is 0 Å². The van der Waals surface area contributed by atoms with Gasteiger partial charge < -0.3 is 10.6 Å². The summed E-state index contributed by atoms with van der Waals surface area (Å²) >= 11 is 0. The van der Waals surface area contributed by atoms with Crippen LogP contribution in [0, 0.1) is 11.3 Å². The molecule has 0 saturated carbocycles. The largest absolute Gasteiger partial charge is 0.349 e. The molecule has 2 N–H and O–H groups in total. The molecule has 66 valence electrons. The zero-order valence-corrected chi connectivity index (χ0v) is 6.99. The predicted octanol–water partition coefficient (Wildman–Crippen LogP) is -0.268. The normalized spacial score (nSPS) is 15.9. The number of hydrogen-bond acceptors (Lipinski definition) is 5. The monoisotopic (exact) mass is 175 g/mol. The van der Waals surface area contributed by atoms with E-state index in [0.717, 1.165) is 13.1 Å². The summed E-state index contributed by atoms with van der Waals surface area (Å²) in [5, 5.41) is 14.8. The third-order valence-corrected chi connectivity index (χ3v) is 1.88. The Morgan fingerprint density at radius 2 is 2.46 bits per heavy atom. The number of nitrogens with one attached hydrogen (secondary N) is 2. The highest BCUT2D eigenvalue weighted by atomic mass is 15.2. The van der Waals surface area contributed by atoms with Gasteiger partial charge in [-0.1, -0.05) is 0 Å². The van der Waals surface area contributed by atoms with E-state index in [1.807, 2.05) is 6.07 Å². The smallest absolute Gasteiger partial charge is 0.224 e. The minimum Gasteiger partial charge on any atom is -0.349 e. The van der Waals surface area contributed by atoms with Gasteiger partial charge in [0.1, 0.15) is 11.8 Å². The lowest BCUT2D eigenvalue weighted by Crippen LogP contribution is -2.51. The van der Waals surface area contributed by atoms with Gasteiger partial charge in [-0.05, 0) is 6.07 Å². The molecule has 5 nitrogen and oxygen atoms in total. The Bertz CT molecular complexity index is 339. The number of hydrogen-bond donors (Lipinski definition) is 2. The number of rotatable bonds is 2. The highest BCUT2D eigenvalue weighted by molar-refractivity contribution is 5.31. The van der Waals surface area contributed by atoms with Crippen LogP contribution in [0.3, 0.4) is 0 Å². The van der Waals surface area contributed by atoms with E-state index in [9.17, 15) is 0 Å². The Morgan fingerprint density at radius 1 is 1.62 bits per heavy atom. The highest BCUT2D eigenvalue weighted by Gasteiger charge is 2.16. The van der Waals surface area contributed by atoms with Crippen LogP contribution in [-0.4, -0.2) is 29.1 Å². The van der Waals surface area contributed by atoms with Crippen molar-refractivity contribution in [2.75, 3.05) is 18.4 Å². The van der Waals surface area contributed by atoms with Crippen LogP contribution in [0.2, 0.25) is 0 Å². The molecule has 0 bridgehead atoms. The second-order valence-corrected chi connectivity index (χ2v) is 2.88. The first-order chi connectivity index (χ1) is 6.38. The van der Waals surface area contributed by atoms with Gasteiger partial charge in [-0.25, -0.2) is 9.97 Å². The molecule has 13 heavy (non-hydrogen) atoms. The first-order valence-electron chi connectivity index (χ1n) is 4.09. The summed E-state index contributed by atoms with van der Waals surface area (Å²) in [5.41, 5.74) is 0.393. The third kappa shape index (κ3) is 1.73. The Hall–Kier alpha value is -1.67. The van der Waals surface area contributed by atoms with E-state index < -0.39 is 0 Å². The van der Waals surface area contributed by atoms with Gasteiger partial charge >= 0.3 is 0 Å². The minimum atomic E-state index is 0.393. The lowest BCUT2D eigenvalue weighted by molar-refractivity contribution is 0.469. The van der Waals surface area contributed by atoms with Crippen molar-refractivity contribution >= 4 is 5.95 Å². The maximum atomic E-state index is 8.59. The zero-order valence-electron chi connectivity index (χ0n) is 6.99. The summed E-state index contributed by atoms with van der Waals surface area (Å²) < 4.78 is 0. The number of aromatic nitrogens is 2. The van der Waals surface area contributed by atoms with Gasteiger partial charge in [-0.2, -0.15) is 5.26 Å². The number of nitrogens with zero attached hydrogens (tertiary/aromatic N) is 3. The molecule has 1 aliphatic rings. The van der Waals surface area contributed by atoms with Crippen LogP contribution in [0.1, 0.15) is 5.69 Å². The van der Waals surface area contributed by atoms with E-state index in [4.69, 9.17) is 5.26 Å². The van der Waals surface area contributed by atoms with Gasteiger partial charge in [0.25, 0.3) is 0 Å². The second kappa shape index (κ2) is 3.37. The maximum Gasteiger partial charge on any atom is 0.224 e. The van der Waals surface area contributed by atoms with Crippen molar-refractivity contribution in [2.24, 2.45) is 0 Å². The molecule has 1 aromatic heterocycles. The van der Waals surface area contributed by atoms with Crippen molar-refractivity contribution in [2.45, 2.75) is 6.04 Å². The summed E-state index contributed by atoms with van der Waals surface area (Å²) in [5.74, 6) is 0.533. The lowest BCUT2D eigenvalue weighted by atomic mass is 10.2. The summed E-state index contributed by atoms with van der Waals surface area (Å²) in [4.78, 5) is 8.01. The predicted molar refractivity (Wildman–Crippen MR) is 47.0 cm³/mol. The Morgan fingerprint density at radius 3 is 3.08 bits per heavy atom. The minimum absolute atomic E-state index is 0.393. The fraction of sp³-hybridized carbons (Fsp3) is 0.375. The fourth-order valence-corrected chi connectivity index (χ4v) is 1.06. The number of anilines is 1. The molecule has 1 aromatic rings. The first kappa shape index (κ1) is 7.95. The van der Waals surface area contributed by atoms with E-state index in [0.29, 0.717) is 17.7 Å². The van der Waals surface area contributed by atoms with Crippen LogP contribution in [0.15, 0.2) is 12.3 Å². The molecule has 2 heterocycles. The summed E-state index contributed by atoms with van der Waals surface area (Å²) in [7, 11) is 0. The third-order valence-electron chi connectivity index (χ3n) is 1.88. The standard InChI is InChI=1S/C8H9N5/c9-3-6-1-2-11-8(12-6)13-7-4-10-5-7/h1-2,7,10H,4-5H2,(H,11,12,13). The Labute approximate surface area is 75.8 Å². The number of nitriles is 1. The van der Waals surface area contributed by atoms with Crippen molar-refractivity contribution in [3.05, 3.63) is 18.0 Å². The summed E-state index contributed by atoms with van der Waals surface area (Å²) in [6.07, 6.45) is 1.58. The van der Waals surface area contributed by atoms with Crippen molar-refractivity contribution in [3.63, 3.8) is 0 Å². The van der Waals surface area contributed by atoms with Gasteiger partial charge in [0.2, 0.25) is 5.95 Å². The summed E-state index contributed by atoms with van der Waals surface area (Å²) in [6.45, 7) is 1.86. The van der Waals surface area contributed by atoms with Gasteiger partial charge in [0, 0.05) is 19.3 Å². The van der Waals surface area contributed by atoms with Crippen molar-refractivity contribution < 1.29 is 0 Å². The molecule has 1 aliphatic heterocycles. The molecule has 0 aliphatic carbocycles. The first-order valence-corrected chi connectivity index (χ1v) is 4.09. The average Bonchev–Trinajstić information content (AvgIpc) is 2.12. The molecular weight excluding hydrogens is 166 g/mol. The molecule has 0 amide bonds. The van der Waals surface area contributed by atoms with Gasteiger partial charge in [-0.15, -0.1) is 0 Å². The lowest BCUT2D eigenvalue weighted by Gasteiger charge is -2.27. The van der Waals surface area contributed by atoms with Gasteiger partial charge in [0.05, 0.1) is 6.04 Å². The van der Waals surface area contributed by atoms with E-state index in [2.05, 4.69) is 20.6 Å². The zero-order chi connectivity index (χ0) is 9.10. The molecule has 0 atom stereocenters. The Kier molecular flexibility index (Phi) is 2.06. The topological polar surface area (TPSA) is 73.6 Å². The highest BCUT2D eigenvalue weighted by Crippen LogP contribution is 2.03. The van der Waals surface area contributed by atoms with Crippen LogP contribution in [0.25, 0.3) is 0 Å². The molecule has 0 radical (unpaired) electrons. The van der Waals surface area contributed by atoms with E-state index >= 15 is 0 Å². The maximum absolute atomic E-state index is 8.59. The van der Waals surface area contributed by atoms with Crippen molar-refractivity contribution in [1.29, 1.82) is 5.26 Å². The SMILES string of the molecule is N#Cc1ccnc(NC2CNC2)n1. The van der Waals surface area contributed by atoms with Crippen LogP contribution in [0.4, 0.5) is 5.95 Å². The second-order valence-electron chi connectivity index (χ2n) is 2.88. The molecule has 5 heteroatoms. The summed E-state index contributed by atoms with van der Waals surface area (Å²) in [6, 6.07) is 3.95. The Balaban J connectivity index is 2.07.